The molecule has 3 N–H and O–H groups in total. The second kappa shape index (κ2) is 8.48. The summed E-state index contributed by atoms with van der Waals surface area (Å²) in [4.78, 5) is 9.00. The molecule has 4 aromatic rings. The Morgan fingerprint density at radius 3 is 2.79 bits per heavy atom. The molecule has 174 valence electrons. The van der Waals surface area contributed by atoms with E-state index in [1.807, 2.05) is 6.07 Å². The van der Waals surface area contributed by atoms with Crippen LogP contribution in [0.3, 0.4) is 0 Å². The van der Waals surface area contributed by atoms with E-state index in [0.717, 1.165) is 0 Å². The summed E-state index contributed by atoms with van der Waals surface area (Å²) in [5.41, 5.74) is 2.59. The zero-order valence-corrected chi connectivity index (χ0v) is 18.5. The number of aryl methyl sites for hydroxylation is 1. The normalized spacial score (nSPS) is 18.8. The number of aromatic nitrogens is 5. The molecular formula is C23H22F2N8O. The van der Waals surface area contributed by atoms with E-state index in [0.29, 0.717) is 40.5 Å². The Morgan fingerprint density at radius 1 is 1.29 bits per heavy atom. The van der Waals surface area contributed by atoms with Gasteiger partial charge >= 0.3 is 0 Å². The Balaban J connectivity index is 1.61. The molecular weight excluding hydrogens is 442 g/mol. The molecule has 1 aliphatic rings. The molecule has 1 aliphatic heterocycles. The molecule has 34 heavy (non-hydrogen) atoms. The van der Waals surface area contributed by atoms with Crippen molar-refractivity contribution in [3.05, 3.63) is 59.4 Å². The highest BCUT2D eigenvalue weighted by molar-refractivity contribution is 5.81. The summed E-state index contributed by atoms with van der Waals surface area (Å²) in [6, 6.07) is 9.42. The van der Waals surface area contributed by atoms with Crippen molar-refractivity contribution >= 4 is 16.7 Å². The van der Waals surface area contributed by atoms with Crippen LogP contribution in [0, 0.1) is 24.1 Å². The first kappa shape index (κ1) is 21.9. The van der Waals surface area contributed by atoms with Crippen LogP contribution in [-0.4, -0.2) is 54.7 Å². The lowest BCUT2D eigenvalue weighted by Crippen LogP contribution is -2.29. The van der Waals surface area contributed by atoms with E-state index < -0.39 is 24.1 Å². The molecule has 0 aliphatic carbocycles. The van der Waals surface area contributed by atoms with Crippen LogP contribution in [-0.2, 0) is 0 Å². The Labute approximate surface area is 193 Å². The van der Waals surface area contributed by atoms with Crippen LogP contribution in [0.25, 0.3) is 22.7 Å². The van der Waals surface area contributed by atoms with E-state index >= 15 is 0 Å². The fourth-order valence-electron chi connectivity index (χ4n) is 4.13. The van der Waals surface area contributed by atoms with Gasteiger partial charge in [-0.25, -0.2) is 23.4 Å². The van der Waals surface area contributed by atoms with Gasteiger partial charge in [0.1, 0.15) is 30.2 Å². The number of alkyl halides is 1. The van der Waals surface area contributed by atoms with Crippen molar-refractivity contribution in [3.63, 3.8) is 0 Å². The van der Waals surface area contributed by atoms with E-state index in [4.69, 9.17) is 4.98 Å². The van der Waals surface area contributed by atoms with Gasteiger partial charge in [-0.3, -0.25) is 4.57 Å². The molecule has 0 saturated carbocycles. The minimum Gasteiger partial charge on any atom is -0.389 e. The van der Waals surface area contributed by atoms with E-state index in [1.54, 1.807) is 42.7 Å². The van der Waals surface area contributed by atoms with Gasteiger partial charge in [-0.2, -0.15) is 10.4 Å². The Hall–Kier alpha value is -3.88. The summed E-state index contributed by atoms with van der Waals surface area (Å²) in [5.74, 6) is 0.302. The lowest BCUT2D eigenvalue weighted by molar-refractivity contribution is 0.198. The molecule has 9 nitrogen and oxygen atoms in total. The summed E-state index contributed by atoms with van der Waals surface area (Å²) < 4.78 is 31.9. The predicted octanol–water partition coefficient (Wildman–Crippen LogP) is 2.70. The maximum absolute atomic E-state index is 14.7. The number of nitrogens with one attached hydrogen (secondary N) is 2. The van der Waals surface area contributed by atoms with Crippen molar-refractivity contribution < 1.29 is 13.9 Å². The van der Waals surface area contributed by atoms with Crippen molar-refractivity contribution in [1.82, 2.24) is 29.6 Å². The fraction of sp³-hybridized carbons (Fsp3) is 0.304. The highest BCUT2D eigenvalue weighted by Crippen LogP contribution is 2.28. The minimum absolute atomic E-state index is 0.174. The predicted molar refractivity (Wildman–Crippen MR) is 121 cm³/mol. The van der Waals surface area contributed by atoms with Gasteiger partial charge in [0, 0.05) is 30.4 Å². The minimum atomic E-state index is -1.12. The maximum Gasteiger partial charge on any atom is 0.163 e. The van der Waals surface area contributed by atoms with Crippen LogP contribution in [0.4, 0.5) is 14.5 Å². The molecule has 0 bridgehead atoms. The quantitative estimate of drug-likeness (QED) is 0.416. The second-order valence-corrected chi connectivity index (χ2v) is 8.31. The van der Waals surface area contributed by atoms with Gasteiger partial charge in [0.2, 0.25) is 0 Å². The number of imidazole rings is 1. The van der Waals surface area contributed by atoms with Gasteiger partial charge in [0.05, 0.1) is 28.9 Å². The number of hydrogen-bond donors (Lipinski definition) is 3. The first-order chi connectivity index (χ1) is 16.4. The number of fused-ring (bicyclic) bond motifs is 1. The van der Waals surface area contributed by atoms with E-state index in [2.05, 4.69) is 20.7 Å². The van der Waals surface area contributed by atoms with Gasteiger partial charge in [-0.05, 0) is 38.1 Å². The van der Waals surface area contributed by atoms with E-state index in [1.165, 1.54) is 17.1 Å². The van der Waals surface area contributed by atoms with Crippen LogP contribution in [0.2, 0.25) is 0 Å². The van der Waals surface area contributed by atoms with Crippen molar-refractivity contribution in [2.75, 3.05) is 18.4 Å². The van der Waals surface area contributed by atoms with Crippen LogP contribution >= 0.6 is 0 Å². The summed E-state index contributed by atoms with van der Waals surface area (Å²) in [6.45, 7) is 4.03. The topological polar surface area (TPSA) is 117 Å². The number of halogens is 2. The first-order valence-corrected chi connectivity index (χ1v) is 10.8. The number of aliphatic hydroxyl groups is 1. The van der Waals surface area contributed by atoms with Crippen LogP contribution in [0.5, 0.6) is 0 Å². The van der Waals surface area contributed by atoms with Crippen molar-refractivity contribution in [2.24, 2.45) is 0 Å². The third-order valence-corrected chi connectivity index (χ3v) is 5.91. The van der Waals surface area contributed by atoms with Crippen LogP contribution in [0.15, 0.2) is 36.7 Å². The summed E-state index contributed by atoms with van der Waals surface area (Å²) in [5, 5.41) is 29.7. The maximum atomic E-state index is 14.7. The Morgan fingerprint density at radius 2 is 2.12 bits per heavy atom. The summed E-state index contributed by atoms with van der Waals surface area (Å²) >= 11 is 0. The number of nitrogens with zero attached hydrogens (tertiary/aromatic N) is 6. The third-order valence-electron chi connectivity index (χ3n) is 5.91. The fourth-order valence-corrected chi connectivity index (χ4v) is 4.13. The highest BCUT2D eigenvalue weighted by atomic mass is 19.1. The number of hydrogen-bond acceptors (Lipinski definition) is 7. The Kier molecular flexibility index (Phi) is 5.47. The molecule has 1 unspecified atom stereocenters. The summed E-state index contributed by atoms with van der Waals surface area (Å²) in [7, 11) is 0. The second-order valence-electron chi connectivity index (χ2n) is 8.31. The Bertz CT molecular complexity index is 1420. The molecule has 0 radical (unpaired) electrons. The van der Waals surface area contributed by atoms with E-state index in [-0.39, 0.29) is 17.9 Å². The van der Waals surface area contributed by atoms with Crippen molar-refractivity contribution in [2.45, 2.75) is 32.2 Å². The van der Waals surface area contributed by atoms with Gasteiger partial charge in [-0.15, -0.1) is 0 Å². The third kappa shape index (κ3) is 3.76. The van der Waals surface area contributed by atoms with Crippen molar-refractivity contribution in [1.29, 1.82) is 5.26 Å². The molecule has 0 spiro atoms. The number of benzene rings is 1. The number of rotatable bonds is 5. The van der Waals surface area contributed by atoms with E-state index in [9.17, 15) is 19.1 Å². The lowest BCUT2D eigenvalue weighted by atomic mass is 10.1. The van der Waals surface area contributed by atoms with Gasteiger partial charge < -0.3 is 15.7 Å². The molecule has 1 aromatic carbocycles. The molecule has 11 heteroatoms. The van der Waals surface area contributed by atoms with Crippen molar-refractivity contribution in [3.8, 4) is 17.7 Å². The zero-order valence-electron chi connectivity index (χ0n) is 18.5. The first-order valence-electron chi connectivity index (χ1n) is 10.8. The number of nitriles is 1. The zero-order chi connectivity index (χ0) is 24.0. The molecule has 3 atom stereocenters. The molecule has 1 fully saturated rings. The molecule has 0 amide bonds. The van der Waals surface area contributed by atoms with Crippen LogP contribution < -0.4 is 10.6 Å². The standard InChI is InChI=1S/C23H22F2N8O/c1-12-5-14(8-26)31-33(12)23-15(13(2)34)3-4-22(30-23)32-11-28-19-6-16(24)18(7-21(19)32)29-20-10-27-9-17(20)25/h3-7,11,13,17,20,27,29,34H,9-10H2,1-2H3/t13?,17-,20+/m0/s1. The highest BCUT2D eigenvalue weighted by Gasteiger charge is 2.27. The largest absolute Gasteiger partial charge is 0.389 e. The molecule has 1 saturated heterocycles. The monoisotopic (exact) mass is 464 g/mol. The van der Waals surface area contributed by atoms with Gasteiger partial charge in [-0.1, -0.05) is 0 Å². The molecule has 3 aromatic heterocycles. The lowest BCUT2D eigenvalue weighted by Gasteiger charge is -2.17. The molecule has 5 rings (SSSR count). The SMILES string of the molecule is Cc1cc(C#N)nn1-c1nc(-n2cnc3cc(F)c(N[C@@H]4CNC[C@@H]4F)cc32)ccc1C(C)O. The smallest absolute Gasteiger partial charge is 0.163 e. The number of pyridine rings is 1. The summed E-state index contributed by atoms with van der Waals surface area (Å²) in [6.07, 6.45) is -0.426. The average Bonchev–Trinajstić information content (AvgIpc) is 3.52. The van der Waals surface area contributed by atoms with Crippen LogP contribution in [0.1, 0.15) is 30.0 Å². The van der Waals surface area contributed by atoms with Gasteiger partial charge in [0.15, 0.2) is 11.5 Å². The molecule has 4 heterocycles. The van der Waals surface area contributed by atoms with Gasteiger partial charge in [0.25, 0.3) is 0 Å². The average molecular weight is 464 g/mol. The number of aliphatic hydroxyl groups excluding tert-OH is 1. The number of anilines is 1.